The predicted octanol–water partition coefficient (Wildman–Crippen LogP) is 1.89. The van der Waals surface area contributed by atoms with Gasteiger partial charge in [-0.1, -0.05) is 0 Å². The van der Waals surface area contributed by atoms with Crippen molar-refractivity contribution in [2.24, 2.45) is 11.3 Å². The topological polar surface area (TPSA) is 49.4 Å². The number of carbonyl (C=O) groups is 2. The minimum Gasteiger partial charge on any atom is -0.341 e. The first kappa shape index (κ1) is 15.8. The first-order chi connectivity index (χ1) is 10.3. The molecule has 1 spiro atoms. The number of nitrogens with zero attached hydrogens (tertiary/aromatic N) is 1. The summed E-state index contributed by atoms with van der Waals surface area (Å²) in [5, 5.41) is 2.16. The van der Waals surface area contributed by atoms with Gasteiger partial charge in [0.05, 0.1) is 6.54 Å². The molecule has 0 bridgehead atoms. The van der Waals surface area contributed by atoms with Crippen LogP contribution in [0, 0.1) is 11.3 Å². The molecular weight excluding hydrogens is 297 g/mol. The molecule has 1 heterocycles. The highest BCUT2D eigenvalue weighted by atomic mass is 19.4. The van der Waals surface area contributed by atoms with Crippen LogP contribution in [0.15, 0.2) is 0 Å². The molecule has 1 saturated heterocycles. The number of hydrogen-bond acceptors (Lipinski definition) is 3. The standard InChI is InChI=1S/C15H21F3N2O2/c16-15(17,18)14(5-6-14)19-12(22)7-20-9-13(10-20)3-1-11(8-21)2-4-13/h8,11H,1-7,9-10H2,(H,19,22). The molecule has 2 aliphatic carbocycles. The van der Waals surface area contributed by atoms with Crippen LogP contribution in [-0.4, -0.2) is 48.4 Å². The van der Waals surface area contributed by atoms with Crippen molar-refractivity contribution >= 4 is 12.2 Å². The Morgan fingerprint density at radius 1 is 1.18 bits per heavy atom. The molecule has 0 aromatic heterocycles. The third-order valence-corrected chi connectivity index (χ3v) is 5.44. The Hall–Kier alpha value is -1.11. The molecule has 22 heavy (non-hydrogen) atoms. The molecule has 0 unspecified atom stereocenters. The van der Waals surface area contributed by atoms with E-state index in [9.17, 15) is 22.8 Å². The molecule has 0 aromatic rings. The lowest BCUT2D eigenvalue weighted by molar-refractivity contribution is -0.171. The van der Waals surface area contributed by atoms with E-state index in [1.807, 2.05) is 4.90 Å². The van der Waals surface area contributed by atoms with Gasteiger partial charge in [-0.25, -0.2) is 0 Å². The third-order valence-electron chi connectivity index (χ3n) is 5.44. The van der Waals surface area contributed by atoms with E-state index in [0.717, 1.165) is 45.1 Å². The molecule has 1 amide bonds. The number of nitrogens with one attached hydrogen (secondary N) is 1. The van der Waals surface area contributed by atoms with Crippen molar-refractivity contribution < 1.29 is 22.8 Å². The largest absolute Gasteiger partial charge is 0.411 e. The van der Waals surface area contributed by atoms with Gasteiger partial charge in [0.15, 0.2) is 0 Å². The van der Waals surface area contributed by atoms with Crippen molar-refractivity contribution in [3.63, 3.8) is 0 Å². The van der Waals surface area contributed by atoms with E-state index in [1.54, 1.807) is 0 Å². The minimum absolute atomic E-state index is 0.0146. The second-order valence-corrected chi connectivity index (χ2v) is 7.25. The summed E-state index contributed by atoms with van der Waals surface area (Å²) in [4.78, 5) is 24.5. The van der Waals surface area contributed by atoms with Crippen LogP contribution in [0.3, 0.4) is 0 Å². The molecule has 3 fully saturated rings. The molecule has 4 nitrogen and oxygen atoms in total. The van der Waals surface area contributed by atoms with Crippen molar-refractivity contribution in [3.8, 4) is 0 Å². The smallest absolute Gasteiger partial charge is 0.341 e. The Morgan fingerprint density at radius 3 is 2.23 bits per heavy atom. The van der Waals surface area contributed by atoms with Gasteiger partial charge in [-0.05, 0) is 43.9 Å². The van der Waals surface area contributed by atoms with Gasteiger partial charge >= 0.3 is 6.18 Å². The van der Waals surface area contributed by atoms with Crippen LogP contribution in [-0.2, 0) is 9.59 Å². The Bertz CT molecular complexity index is 458. The molecular formula is C15H21F3N2O2. The lowest BCUT2D eigenvalue weighted by atomic mass is 9.66. The van der Waals surface area contributed by atoms with Crippen LogP contribution in [0.4, 0.5) is 13.2 Å². The molecule has 0 atom stereocenters. The normalized spacial score (nSPS) is 27.2. The van der Waals surface area contributed by atoms with Crippen LogP contribution in [0.1, 0.15) is 38.5 Å². The average Bonchev–Trinajstić information content (AvgIpc) is 3.18. The summed E-state index contributed by atoms with van der Waals surface area (Å²) < 4.78 is 38.4. The summed E-state index contributed by atoms with van der Waals surface area (Å²) in [5.74, 6) is -0.379. The van der Waals surface area contributed by atoms with Gasteiger partial charge < -0.3 is 10.1 Å². The zero-order valence-corrected chi connectivity index (χ0v) is 12.4. The van der Waals surface area contributed by atoms with E-state index in [-0.39, 0.29) is 30.7 Å². The number of aldehydes is 1. The van der Waals surface area contributed by atoms with Gasteiger partial charge in [-0.15, -0.1) is 0 Å². The monoisotopic (exact) mass is 318 g/mol. The zero-order chi connectivity index (χ0) is 16.0. The lowest BCUT2D eigenvalue weighted by Crippen LogP contribution is -2.60. The molecule has 1 aliphatic heterocycles. The fraction of sp³-hybridized carbons (Fsp3) is 0.867. The number of amides is 1. The number of rotatable bonds is 4. The van der Waals surface area contributed by atoms with Crippen LogP contribution in [0.5, 0.6) is 0 Å². The zero-order valence-electron chi connectivity index (χ0n) is 12.4. The first-order valence-electron chi connectivity index (χ1n) is 7.83. The van der Waals surface area contributed by atoms with E-state index in [1.165, 1.54) is 0 Å². The van der Waals surface area contributed by atoms with Crippen molar-refractivity contribution in [3.05, 3.63) is 0 Å². The quantitative estimate of drug-likeness (QED) is 0.805. The minimum atomic E-state index is -4.36. The van der Waals surface area contributed by atoms with Gasteiger partial charge in [0, 0.05) is 19.0 Å². The summed E-state index contributed by atoms with van der Waals surface area (Å²) in [6, 6.07) is 0. The van der Waals surface area contributed by atoms with Crippen LogP contribution in [0.2, 0.25) is 0 Å². The molecule has 1 N–H and O–H groups in total. The molecule has 3 aliphatic rings. The van der Waals surface area contributed by atoms with E-state index in [4.69, 9.17) is 0 Å². The second-order valence-electron chi connectivity index (χ2n) is 7.25. The third kappa shape index (κ3) is 2.87. The molecule has 0 aromatic carbocycles. The molecule has 7 heteroatoms. The Kier molecular flexibility index (Phi) is 3.74. The van der Waals surface area contributed by atoms with Crippen LogP contribution < -0.4 is 5.32 Å². The van der Waals surface area contributed by atoms with E-state index >= 15 is 0 Å². The Balaban J connectivity index is 1.43. The molecule has 2 saturated carbocycles. The summed E-state index contributed by atoms with van der Waals surface area (Å²) >= 11 is 0. The SMILES string of the molecule is O=CC1CCC2(CC1)CN(CC(=O)NC1(C(F)(F)F)CC1)C2. The van der Waals surface area contributed by atoms with Crippen molar-refractivity contribution in [1.82, 2.24) is 10.2 Å². The van der Waals surface area contributed by atoms with Crippen molar-refractivity contribution in [2.75, 3.05) is 19.6 Å². The van der Waals surface area contributed by atoms with E-state index in [2.05, 4.69) is 5.32 Å². The van der Waals surface area contributed by atoms with E-state index in [0.29, 0.717) is 0 Å². The number of carbonyl (C=O) groups excluding carboxylic acids is 2. The molecule has 3 rings (SSSR count). The van der Waals surface area contributed by atoms with Gasteiger partial charge in [-0.2, -0.15) is 13.2 Å². The number of alkyl halides is 3. The van der Waals surface area contributed by atoms with E-state index < -0.39 is 17.6 Å². The highest BCUT2D eigenvalue weighted by Crippen LogP contribution is 2.49. The van der Waals surface area contributed by atoms with Gasteiger partial charge in [0.1, 0.15) is 11.8 Å². The fourth-order valence-electron chi connectivity index (χ4n) is 3.83. The number of halogens is 3. The number of hydrogen-bond donors (Lipinski definition) is 1. The highest BCUT2D eigenvalue weighted by molar-refractivity contribution is 5.79. The highest BCUT2D eigenvalue weighted by Gasteiger charge is 2.64. The number of likely N-dealkylation sites (tertiary alicyclic amines) is 1. The molecule has 0 radical (unpaired) electrons. The first-order valence-corrected chi connectivity index (χ1v) is 7.83. The molecule has 124 valence electrons. The predicted molar refractivity (Wildman–Crippen MR) is 73.1 cm³/mol. The summed E-state index contributed by atoms with van der Waals surface area (Å²) in [5.41, 5.74) is -1.78. The summed E-state index contributed by atoms with van der Waals surface area (Å²) in [7, 11) is 0. The van der Waals surface area contributed by atoms with Crippen LogP contribution in [0.25, 0.3) is 0 Å². The maximum absolute atomic E-state index is 12.8. The maximum atomic E-state index is 12.8. The maximum Gasteiger partial charge on any atom is 0.411 e. The van der Waals surface area contributed by atoms with Gasteiger partial charge in [-0.3, -0.25) is 9.69 Å². The van der Waals surface area contributed by atoms with Crippen LogP contribution >= 0.6 is 0 Å². The fourth-order valence-corrected chi connectivity index (χ4v) is 3.83. The van der Waals surface area contributed by atoms with Crippen molar-refractivity contribution in [1.29, 1.82) is 0 Å². The second kappa shape index (κ2) is 5.22. The Labute approximate surface area is 127 Å². The summed E-state index contributed by atoms with van der Waals surface area (Å²) in [6.07, 6.45) is 0.358. The average molecular weight is 318 g/mol. The van der Waals surface area contributed by atoms with Gasteiger partial charge in [0.25, 0.3) is 0 Å². The summed E-state index contributed by atoms with van der Waals surface area (Å²) in [6.45, 7) is 1.55. The lowest BCUT2D eigenvalue weighted by Gasteiger charge is -2.53. The van der Waals surface area contributed by atoms with Crippen molar-refractivity contribution in [2.45, 2.75) is 50.2 Å². The van der Waals surface area contributed by atoms with Gasteiger partial charge in [0.2, 0.25) is 5.91 Å². The Morgan fingerprint density at radius 2 is 1.77 bits per heavy atom.